The Hall–Kier alpha value is -1.11. The molecule has 4 nitrogen and oxygen atoms in total. The maximum atomic E-state index is 11.8. The highest BCUT2D eigenvalue weighted by Crippen LogP contribution is 2.14. The molecule has 5 heteroatoms. The van der Waals surface area contributed by atoms with Gasteiger partial charge in [-0.1, -0.05) is 0 Å². The fourth-order valence-electron chi connectivity index (χ4n) is 1.96. The number of nitrogens with zero attached hydrogens (tertiary/aromatic N) is 2. The van der Waals surface area contributed by atoms with E-state index in [1.165, 1.54) is 12.8 Å². The average molecular weight is 357 g/mol. The van der Waals surface area contributed by atoms with Crippen molar-refractivity contribution in [1.82, 2.24) is 9.88 Å². The van der Waals surface area contributed by atoms with E-state index in [4.69, 9.17) is 0 Å². The molecule has 1 fully saturated rings. The van der Waals surface area contributed by atoms with Crippen LogP contribution in [0, 0.1) is 3.57 Å². The van der Waals surface area contributed by atoms with E-state index in [1.807, 2.05) is 13.0 Å². The van der Waals surface area contributed by atoms with Crippen LogP contribution in [-0.4, -0.2) is 28.9 Å². The van der Waals surface area contributed by atoms with E-state index in [0.29, 0.717) is 5.82 Å². The van der Waals surface area contributed by atoms with Gasteiger partial charge < -0.3 is 10.2 Å². The summed E-state index contributed by atoms with van der Waals surface area (Å²) in [6.45, 7) is 4.08. The van der Waals surface area contributed by atoms with Crippen molar-refractivity contribution >= 4 is 34.3 Å². The third-order valence-electron chi connectivity index (χ3n) is 2.92. The van der Waals surface area contributed by atoms with Crippen molar-refractivity contribution in [1.29, 1.82) is 0 Å². The quantitative estimate of drug-likeness (QED) is 0.668. The molecule has 0 radical (unpaired) electrons. The molecule has 0 aliphatic carbocycles. The number of hydrogen-bond acceptors (Lipinski definition) is 3. The number of likely N-dealkylation sites (tertiary alicyclic amines) is 1. The van der Waals surface area contributed by atoms with Crippen LogP contribution in [0.25, 0.3) is 0 Å². The number of carbonyl (C=O) groups excluding carboxylic acids is 1. The van der Waals surface area contributed by atoms with Crippen LogP contribution < -0.4 is 5.32 Å². The SMILES string of the molecule is C/C(=C/C(=O)Nc1ccc(I)cn1)N1CCCC1. The van der Waals surface area contributed by atoms with Crippen LogP contribution in [-0.2, 0) is 4.79 Å². The molecule has 1 aromatic heterocycles. The topological polar surface area (TPSA) is 45.2 Å². The zero-order chi connectivity index (χ0) is 13.0. The summed E-state index contributed by atoms with van der Waals surface area (Å²) >= 11 is 2.18. The first-order valence-electron chi connectivity index (χ1n) is 6.01. The molecule has 2 rings (SSSR count). The second-order valence-electron chi connectivity index (χ2n) is 4.33. The molecular weight excluding hydrogens is 341 g/mol. The highest BCUT2D eigenvalue weighted by Gasteiger charge is 2.12. The summed E-state index contributed by atoms with van der Waals surface area (Å²) < 4.78 is 1.05. The molecule has 0 unspecified atom stereocenters. The van der Waals surface area contributed by atoms with Gasteiger partial charge in [0.25, 0.3) is 5.91 Å². The number of rotatable bonds is 3. The smallest absolute Gasteiger partial charge is 0.251 e. The summed E-state index contributed by atoms with van der Waals surface area (Å²) in [4.78, 5) is 18.2. The minimum absolute atomic E-state index is 0.117. The monoisotopic (exact) mass is 357 g/mol. The number of pyridine rings is 1. The van der Waals surface area contributed by atoms with Gasteiger partial charge in [0.1, 0.15) is 5.82 Å². The largest absolute Gasteiger partial charge is 0.375 e. The van der Waals surface area contributed by atoms with Crippen molar-refractivity contribution in [3.05, 3.63) is 33.7 Å². The summed E-state index contributed by atoms with van der Waals surface area (Å²) in [5.41, 5.74) is 1.02. The molecule has 2 heterocycles. The number of allylic oxidation sites excluding steroid dienone is 1. The molecule has 0 atom stereocenters. The van der Waals surface area contributed by atoms with Gasteiger partial charge in [-0.2, -0.15) is 0 Å². The lowest BCUT2D eigenvalue weighted by atomic mass is 10.3. The van der Waals surface area contributed by atoms with E-state index in [9.17, 15) is 4.79 Å². The first-order chi connectivity index (χ1) is 8.65. The molecule has 1 aromatic rings. The molecule has 1 amide bonds. The number of anilines is 1. The van der Waals surface area contributed by atoms with Crippen molar-refractivity contribution < 1.29 is 4.79 Å². The van der Waals surface area contributed by atoms with Crippen LogP contribution >= 0.6 is 22.6 Å². The van der Waals surface area contributed by atoms with E-state index in [-0.39, 0.29) is 5.91 Å². The van der Waals surface area contributed by atoms with Crippen LogP contribution in [0.5, 0.6) is 0 Å². The minimum Gasteiger partial charge on any atom is -0.375 e. The molecule has 1 aliphatic rings. The highest BCUT2D eigenvalue weighted by molar-refractivity contribution is 14.1. The lowest BCUT2D eigenvalue weighted by Crippen LogP contribution is -2.19. The number of hydrogen-bond donors (Lipinski definition) is 1. The van der Waals surface area contributed by atoms with E-state index in [1.54, 1.807) is 18.3 Å². The highest BCUT2D eigenvalue weighted by atomic mass is 127. The van der Waals surface area contributed by atoms with E-state index < -0.39 is 0 Å². The predicted molar refractivity (Wildman–Crippen MR) is 80.1 cm³/mol. The molecule has 1 aliphatic heterocycles. The first-order valence-corrected chi connectivity index (χ1v) is 7.09. The van der Waals surface area contributed by atoms with Gasteiger partial charge in [0.2, 0.25) is 0 Å². The fourth-order valence-corrected chi connectivity index (χ4v) is 2.28. The molecule has 1 saturated heterocycles. The second-order valence-corrected chi connectivity index (χ2v) is 5.58. The van der Waals surface area contributed by atoms with Gasteiger partial charge in [-0.25, -0.2) is 4.98 Å². The number of amides is 1. The summed E-state index contributed by atoms with van der Waals surface area (Å²) in [5, 5.41) is 2.77. The molecule has 0 bridgehead atoms. The van der Waals surface area contributed by atoms with Crippen molar-refractivity contribution in [2.45, 2.75) is 19.8 Å². The second kappa shape index (κ2) is 6.17. The van der Waals surface area contributed by atoms with Crippen molar-refractivity contribution in [3.63, 3.8) is 0 Å². The first kappa shape index (κ1) is 13.3. The van der Waals surface area contributed by atoms with Gasteiger partial charge in [-0.3, -0.25) is 4.79 Å². The number of halogens is 1. The minimum atomic E-state index is -0.117. The van der Waals surface area contributed by atoms with E-state index in [2.05, 4.69) is 37.8 Å². The normalized spacial score (nSPS) is 15.9. The van der Waals surface area contributed by atoms with Crippen LogP contribution in [0.2, 0.25) is 0 Å². The molecule has 18 heavy (non-hydrogen) atoms. The van der Waals surface area contributed by atoms with Gasteiger partial charge >= 0.3 is 0 Å². The van der Waals surface area contributed by atoms with Crippen LogP contribution in [0.4, 0.5) is 5.82 Å². The van der Waals surface area contributed by atoms with Gasteiger partial charge in [0.15, 0.2) is 0 Å². The van der Waals surface area contributed by atoms with Gasteiger partial charge in [-0.05, 0) is 54.5 Å². The summed E-state index contributed by atoms with van der Waals surface area (Å²) in [5.74, 6) is 0.471. The fraction of sp³-hybridized carbons (Fsp3) is 0.385. The third kappa shape index (κ3) is 3.69. The standard InChI is InChI=1S/C13H16IN3O/c1-10(17-6-2-3-7-17)8-13(18)16-12-5-4-11(14)9-15-12/h4-5,8-9H,2-3,6-7H2,1H3,(H,15,16,18)/b10-8-. The van der Waals surface area contributed by atoms with Gasteiger partial charge in [0, 0.05) is 34.6 Å². The maximum Gasteiger partial charge on any atom is 0.251 e. The maximum absolute atomic E-state index is 11.8. The lowest BCUT2D eigenvalue weighted by molar-refractivity contribution is -0.112. The third-order valence-corrected chi connectivity index (χ3v) is 3.56. The van der Waals surface area contributed by atoms with Crippen molar-refractivity contribution in [3.8, 4) is 0 Å². The predicted octanol–water partition coefficient (Wildman–Crippen LogP) is 2.62. The molecule has 96 valence electrons. The van der Waals surface area contributed by atoms with Crippen molar-refractivity contribution in [2.24, 2.45) is 0 Å². The van der Waals surface area contributed by atoms with Gasteiger partial charge in [-0.15, -0.1) is 0 Å². The van der Waals surface area contributed by atoms with Crippen molar-refractivity contribution in [2.75, 3.05) is 18.4 Å². The molecule has 1 N–H and O–H groups in total. The molecule has 0 spiro atoms. The zero-order valence-corrected chi connectivity index (χ0v) is 12.5. The zero-order valence-electron chi connectivity index (χ0n) is 10.3. The Morgan fingerprint density at radius 1 is 1.44 bits per heavy atom. The molecule has 0 aromatic carbocycles. The number of nitrogens with one attached hydrogen (secondary N) is 1. The Balaban J connectivity index is 1.95. The number of aromatic nitrogens is 1. The van der Waals surface area contributed by atoms with Gasteiger partial charge in [0.05, 0.1) is 0 Å². The van der Waals surface area contributed by atoms with E-state index in [0.717, 1.165) is 22.4 Å². The molecule has 0 saturated carbocycles. The van der Waals surface area contributed by atoms with Crippen LogP contribution in [0.1, 0.15) is 19.8 Å². The summed E-state index contributed by atoms with van der Waals surface area (Å²) in [6, 6.07) is 3.72. The Labute approximate surface area is 121 Å². The summed E-state index contributed by atoms with van der Waals surface area (Å²) in [6.07, 6.45) is 5.80. The molecular formula is C13H16IN3O. The summed E-state index contributed by atoms with van der Waals surface area (Å²) in [7, 11) is 0. The van der Waals surface area contributed by atoms with Crippen LogP contribution in [0.3, 0.4) is 0 Å². The Morgan fingerprint density at radius 2 is 2.17 bits per heavy atom. The lowest BCUT2D eigenvalue weighted by Gasteiger charge is -2.17. The van der Waals surface area contributed by atoms with Crippen LogP contribution in [0.15, 0.2) is 30.1 Å². The van der Waals surface area contributed by atoms with E-state index >= 15 is 0 Å². The Morgan fingerprint density at radius 3 is 2.78 bits per heavy atom. The Kier molecular flexibility index (Phi) is 4.57. The average Bonchev–Trinajstić information content (AvgIpc) is 2.85. The number of carbonyl (C=O) groups is 1. The Bertz CT molecular complexity index is 450.